The van der Waals surface area contributed by atoms with Crippen LogP contribution in [0.3, 0.4) is 0 Å². The van der Waals surface area contributed by atoms with Crippen molar-refractivity contribution in [3.05, 3.63) is 11.7 Å². The number of nitrogens with one attached hydrogen (secondary N) is 1. The van der Waals surface area contributed by atoms with E-state index >= 15 is 0 Å². The number of rotatable bonds is 6. The fourth-order valence-electron chi connectivity index (χ4n) is 3.00. The summed E-state index contributed by atoms with van der Waals surface area (Å²) in [5, 5.41) is 7.61. The fourth-order valence-corrected chi connectivity index (χ4v) is 3.00. The molecule has 3 unspecified atom stereocenters. The standard InChI is InChI=1S/C15H25N3O3/c1-2-6-16-13-10-19-9-12(13)15-17-14(18-21-15)8-11-5-3-4-7-20-11/h11-13,16H,2-10H2,1H3. The van der Waals surface area contributed by atoms with Crippen LogP contribution in [-0.4, -0.2) is 48.7 Å². The van der Waals surface area contributed by atoms with Crippen molar-refractivity contribution in [2.45, 2.75) is 57.1 Å². The molecule has 1 aromatic rings. The lowest BCUT2D eigenvalue weighted by atomic mass is 10.0. The Morgan fingerprint density at radius 2 is 2.24 bits per heavy atom. The Bertz CT molecular complexity index is 432. The monoisotopic (exact) mass is 295 g/mol. The maximum atomic E-state index is 5.73. The van der Waals surface area contributed by atoms with Gasteiger partial charge in [0.2, 0.25) is 5.89 Å². The van der Waals surface area contributed by atoms with Crippen molar-refractivity contribution >= 4 is 0 Å². The zero-order valence-corrected chi connectivity index (χ0v) is 12.7. The van der Waals surface area contributed by atoms with Gasteiger partial charge in [0.25, 0.3) is 0 Å². The molecule has 1 aromatic heterocycles. The summed E-state index contributed by atoms with van der Waals surface area (Å²) in [6.07, 6.45) is 5.60. The average Bonchev–Trinajstić information content (AvgIpc) is 3.15. The van der Waals surface area contributed by atoms with E-state index in [1.807, 2.05) is 0 Å². The second-order valence-electron chi connectivity index (χ2n) is 5.95. The van der Waals surface area contributed by atoms with E-state index in [9.17, 15) is 0 Å². The molecule has 2 aliphatic rings. The summed E-state index contributed by atoms with van der Waals surface area (Å²) in [5.41, 5.74) is 0. The first kappa shape index (κ1) is 14.9. The number of hydrogen-bond acceptors (Lipinski definition) is 6. The van der Waals surface area contributed by atoms with Crippen LogP contribution in [0.1, 0.15) is 50.2 Å². The van der Waals surface area contributed by atoms with Gasteiger partial charge in [0, 0.05) is 19.1 Å². The molecule has 0 spiro atoms. The highest BCUT2D eigenvalue weighted by molar-refractivity contribution is 5.03. The summed E-state index contributed by atoms with van der Waals surface area (Å²) in [7, 11) is 0. The van der Waals surface area contributed by atoms with E-state index in [1.165, 1.54) is 6.42 Å². The van der Waals surface area contributed by atoms with Gasteiger partial charge in [-0.15, -0.1) is 0 Å². The lowest BCUT2D eigenvalue weighted by Crippen LogP contribution is -2.35. The van der Waals surface area contributed by atoms with Gasteiger partial charge in [-0.3, -0.25) is 0 Å². The Morgan fingerprint density at radius 3 is 3.05 bits per heavy atom. The molecule has 1 N–H and O–H groups in total. The molecule has 21 heavy (non-hydrogen) atoms. The zero-order chi connectivity index (χ0) is 14.5. The van der Waals surface area contributed by atoms with E-state index in [1.54, 1.807) is 0 Å². The molecule has 6 nitrogen and oxygen atoms in total. The molecule has 118 valence electrons. The summed E-state index contributed by atoms with van der Waals surface area (Å²) in [5.74, 6) is 1.63. The van der Waals surface area contributed by atoms with Gasteiger partial charge in [-0.05, 0) is 32.2 Å². The molecule has 3 atom stereocenters. The third-order valence-corrected chi connectivity index (χ3v) is 4.22. The SMILES string of the molecule is CCCNC1COCC1c1nc(CC2CCCCO2)no1. The molecule has 0 aliphatic carbocycles. The molecule has 3 heterocycles. The van der Waals surface area contributed by atoms with Crippen LogP contribution in [0.25, 0.3) is 0 Å². The van der Waals surface area contributed by atoms with E-state index in [4.69, 9.17) is 14.0 Å². The molecular weight excluding hydrogens is 270 g/mol. The van der Waals surface area contributed by atoms with Crippen LogP contribution in [0, 0.1) is 0 Å². The van der Waals surface area contributed by atoms with Crippen LogP contribution >= 0.6 is 0 Å². The molecule has 0 aromatic carbocycles. The predicted octanol–water partition coefficient (Wildman–Crippen LogP) is 1.66. The highest BCUT2D eigenvalue weighted by Gasteiger charge is 2.33. The summed E-state index contributed by atoms with van der Waals surface area (Å²) in [4.78, 5) is 4.57. The third kappa shape index (κ3) is 3.81. The average molecular weight is 295 g/mol. The van der Waals surface area contributed by atoms with Crippen LogP contribution < -0.4 is 5.32 Å². The van der Waals surface area contributed by atoms with Crippen LogP contribution in [-0.2, 0) is 15.9 Å². The minimum absolute atomic E-state index is 0.171. The first-order chi connectivity index (χ1) is 10.4. The van der Waals surface area contributed by atoms with Gasteiger partial charge >= 0.3 is 0 Å². The lowest BCUT2D eigenvalue weighted by Gasteiger charge is -2.20. The first-order valence-corrected chi connectivity index (χ1v) is 8.12. The van der Waals surface area contributed by atoms with E-state index in [0.29, 0.717) is 19.1 Å². The summed E-state index contributed by atoms with van der Waals surface area (Å²) >= 11 is 0. The fraction of sp³-hybridized carbons (Fsp3) is 0.867. The van der Waals surface area contributed by atoms with Crippen molar-refractivity contribution in [3.8, 4) is 0 Å². The largest absolute Gasteiger partial charge is 0.379 e. The van der Waals surface area contributed by atoms with Crippen molar-refractivity contribution in [2.24, 2.45) is 0 Å². The third-order valence-electron chi connectivity index (χ3n) is 4.22. The number of aromatic nitrogens is 2. The molecule has 0 bridgehead atoms. The number of hydrogen-bond donors (Lipinski definition) is 1. The van der Waals surface area contributed by atoms with Crippen LogP contribution in [0.2, 0.25) is 0 Å². The van der Waals surface area contributed by atoms with Gasteiger partial charge in [0.05, 0.1) is 25.2 Å². The number of ether oxygens (including phenoxy) is 2. The maximum absolute atomic E-state index is 5.73. The Kier molecular flexibility index (Phi) is 5.22. The topological polar surface area (TPSA) is 69.4 Å². The van der Waals surface area contributed by atoms with E-state index in [-0.39, 0.29) is 18.1 Å². The quantitative estimate of drug-likeness (QED) is 0.861. The minimum Gasteiger partial charge on any atom is -0.379 e. The number of nitrogens with zero attached hydrogens (tertiary/aromatic N) is 2. The Hall–Kier alpha value is -0.980. The smallest absolute Gasteiger partial charge is 0.233 e. The summed E-state index contributed by atoms with van der Waals surface area (Å²) in [6.45, 7) is 5.38. The molecule has 0 radical (unpaired) electrons. The van der Waals surface area contributed by atoms with Crippen molar-refractivity contribution < 1.29 is 14.0 Å². The molecule has 6 heteroatoms. The first-order valence-electron chi connectivity index (χ1n) is 8.12. The van der Waals surface area contributed by atoms with Crippen LogP contribution in [0.5, 0.6) is 0 Å². The lowest BCUT2D eigenvalue weighted by molar-refractivity contribution is 0.0153. The van der Waals surface area contributed by atoms with Crippen molar-refractivity contribution in [1.29, 1.82) is 0 Å². The van der Waals surface area contributed by atoms with Gasteiger partial charge < -0.3 is 19.3 Å². The molecule has 0 amide bonds. The van der Waals surface area contributed by atoms with Crippen molar-refractivity contribution in [2.75, 3.05) is 26.4 Å². The normalized spacial score (nSPS) is 29.9. The minimum atomic E-state index is 0.171. The van der Waals surface area contributed by atoms with Gasteiger partial charge in [0.1, 0.15) is 0 Å². The summed E-state index contributed by atoms with van der Waals surface area (Å²) in [6, 6.07) is 0.282. The van der Waals surface area contributed by atoms with Crippen LogP contribution in [0.15, 0.2) is 4.52 Å². The Balaban J connectivity index is 1.58. The molecule has 2 aliphatic heterocycles. The second kappa shape index (κ2) is 7.33. The second-order valence-corrected chi connectivity index (χ2v) is 5.95. The van der Waals surface area contributed by atoms with Crippen molar-refractivity contribution in [3.63, 3.8) is 0 Å². The van der Waals surface area contributed by atoms with Gasteiger partial charge in [-0.1, -0.05) is 12.1 Å². The molecule has 2 saturated heterocycles. The van der Waals surface area contributed by atoms with Crippen molar-refractivity contribution in [1.82, 2.24) is 15.5 Å². The molecule has 3 rings (SSSR count). The highest BCUT2D eigenvalue weighted by Crippen LogP contribution is 2.25. The van der Waals surface area contributed by atoms with Gasteiger partial charge in [-0.2, -0.15) is 4.98 Å². The highest BCUT2D eigenvalue weighted by atomic mass is 16.5. The predicted molar refractivity (Wildman–Crippen MR) is 77.2 cm³/mol. The zero-order valence-electron chi connectivity index (χ0n) is 12.7. The molecule has 0 saturated carbocycles. The van der Waals surface area contributed by atoms with Crippen LogP contribution in [0.4, 0.5) is 0 Å². The summed E-state index contributed by atoms with van der Waals surface area (Å²) < 4.78 is 16.8. The maximum Gasteiger partial charge on any atom is 0.233 e. The Labute approximate surface area is 125 Å². The molecule has 2 fully saturated rings. The van der Waals surface area contributed by atoms with Gasteiger partial charge in [0.15, 0.2) is 5.82 Å². The molecular formula is C15H25N3O3. The Morgan fingerprint density at radius 1 is 1.29 bits per heavy atom. The van der Waals surface area contributed by atoms with Gasteiger partial charge in [-0.25, -0.2) is 0 Å². The van der Waals surface area contributed by atoms with E-state index in [2.05, 4.69) is 22.4 Å². The van der Waals surface area contributed by atoms with E-state index in [0.717, 1.165) is 44.7 Å². The van der Waals surface area contributed by atoms with E-state index < -0.39 is 0 Å².